The number of benzene rings is 1. The SMILES string of the molecule is CCCN(c1cc(/C=C\C2CC2C)cc(COC[C@H](C)N)c1)S(C)(=O)=O. The Hall–Kier alpha value is -1.37. The Balaban J connectivity index is 2.30. The average molecular weight is 381 g/mol. The lowest BCUT2D eigenvalue weighted by Gasteiger charge is -2.23. The van der Waals surface area contributed by atoms with Crippen molar-refractivity contribution in [3.8, 4) is 0 Å². The van der Waals surface area contributed by atoms with Gasteiger partial charge in [-0.3, -0.25) is 4.31 Å². The summed E-state index contributed by atoms with van der Waals surface area (Å²) in [5.41, 5.74) is 8.39. The van der Waals surface area contributed by atoms with Gasteiger partial charge in [0.1, 0.15) is 0 Å². The zero-order valence-electron chi connectivity index (χ0n) is 16.3. The van der Waals surface area contributed by atoms with Gasteiger partial charge in [-0.05, 0) is 60.9 Å². The Morgan fingerprint density at radius 1 is 1.38 bits per heavy atom. The zero-order valence-corrected chi connectivity index (χ0v) is 17.1. The number of nitrogens with zero attached hydrogens (tertiary/aromatic N) is 1. The van der Waals surface area contributed by atoms with Crippen molar-refractivity contribution in [3.05, 3.63) is 35.4 Å². The fourth-order valence-electron chi connectivity index (χ4n) is 2.93. The van der Waals surface area contributed by atoms with E-state index in [-0.39, 0.29) is 6.04 Å². The molecule has 1 fully saturated rings. The maximum Gasteiger partial charge on any atom is 0.232 e. The van der Waals surface area contributed by atoms with Gasteiger partial charge in [-0.15, -0.1) is 0 Å². The maximum atomic E-state index is 12.2. The van der Waals surface area contributed by atoms with Gasteiger partial charge in [0.2, 0.25) is 10.0 Å². The summed E-state index contributed by atoms with van der Waals surface area (Å²) in [6, 6.07) is 5.87. The lowest BCUT2D eigenvalue weighted by molar-refractivity contribution is 0.111. The largest absolute Gasteiger partial charge is 0.375 e. The Morgan fingerprint density at radius 2 is 2.08 bits per heavy atom. The lowest BCUT2D eigenvalue weighted by Crippen LogP contribution is -2.30. The third-order valence-corrected chi connectivity index (χ3v) is 5.67. The highest BCUT2D eigenvalue weighted by molar-refractivity contribution is 7.92. The molecule has 0 spiro atoms. The second-order valence-corrected chi connectivity index (χ2v) is 9.40. The first-order chi connectivity index (χ1) is 12.2. The number of hydrogen-bond donors (Lipinski definition) is 1. The van der Waals surface area contributed by atoms with Gasteiger partial charge >= 0.3 is 0 Å². The van der Waals surface area contributed by atoms with Crippen molar-refractivity contribution in [2.75, 3.05) is 23.7 Å². The molecule has 1 aliphatic rings. The van der Waals surface area contributed by atoms with Crippen molar-refractivity contribution in [2.45, 2.75) is 46.3 Å². The minimum atomic E-state index is -3.33. The van der Waals surface area contributed by atoms with E-state index in [1.165, 1.54) is 17.0 Å². The van der Waals surface area contributed by atoms with E-state index < -0.39 is 10.0 Å². The van der Waals surface area contributed by atoms with E-state index >= 15 is 0 Å². The number of ether oxygens (including phenoxy) is 1. The molecule has 2 rings (SSSR count). The van der Waals surface area contributed by atoms with Gasteiger partial charge in [-0.1, -0.05) is 26.0 Å². The molecule has 2 N–H and O–H groups in total. The monoisotopic (exact) mass is 380 g/mol. The molecule has 1 saturated carbocycles. The predicted octanol–water partition coefficient (Wildman–Crippen LogP) is 3.40. The van der Waals surface area contributed by atoms with Gasteiger partial charge in [0.25, 0.3) is 0 Å². The second kappa shape index (κ2) is 9.02. The molecule has 6 heteroatoms. The highest BCUT2D eigenvalue weighted by Gasteiger charge is 2.29. The standard InChI is InChI=1S/C20H32N2O3S/c1-5-8-22(26(4,23)24)20-11-17(6-7-19-9-15(19)2)10-18(12-20)14-25-13-16(3)21/h6-7,10-12,15-16,19H,5,8-9,13-14,21H2,1-4H3/b7-6-/t15?,16-,19?/m0/s1. The van der Waals surface area contributed by atoms with E-state index in [1.54, 1.807) is 0 Å². The summed E-state index contributed by atoms with van der Waals surface area (Å²) in [4.78, 5) is 0. The van der Waals surface area contributed by atoms with Crippen molar-refractivity contribution in [2.24, 2.45) is 17.6 Å². The van der Waals surface area contributed by atoms with Crippen molar-refractivity contribution < 1.29 is 13.2 Å². The van der Waals surface area contributed by atoms with Crippen LogP contribution in [-0.2, 0) is 21.4 Å². The highest BCUT2D eigenvalue weighted by atomic mass is 32.2. The smallest absolute Gasteiger partial charge is 0.232 e. The maximum absolute atomic E-state index is 12.2. The summed E-state index contributed by atoms with van der Waals surface area (Å²) in [7, 11) is -3.33. The normalized spacial score (nSPS) is 21.1. The number of anilines is 1. The number of sulfonamides is 1. The number of nitrogens with two attached hydrogens (primary N) is 1. The van der Waals surface area contributed by atoms with Crippen molar-refractivity contribution in [1.29, 1.82) is 0 Å². The molecule has 0 saturated heterocycles. The average Bonchev–Trinajstić information content (AvgIpc) is 3.24. The Labute approximate surface area is 158 Å². The van der Waals surface area contributed by atoms with Crippen LogP contribution in [0.25, 0.3) is 6.08 Å². The topological polar surface area (TPSA) is 72.6 Å². The minimum Gasteiger partial charge on any atom is -0.375 e. The quantitative estimate of drug-likeness (QED) is 0.675. The molecule has 146 valence electrons. The number of hydrogen-bond acceptors (Lipinski definition) is 4. The van der Waals surface area contributed by atoms with Crippen LogP contribution in [0.1, 0.15) is 44.7 Å². The lowest BCUT2D eigenvalue weighted by atomic mass is 10.1. The Morgan fingerprint density at radius 3 is 2.62 bits per heavy atom. The van der Waals surface area contributed by atoms with Crippen LogP contribution in [0.5, 0.6) is 0 Å². The zero-order chi connectivity index (χ0) is 19.3. The van der Waals surface area contributed by atoms with Gasteiger partial charge in [-0.25, -0.2) is 8.42 Å². The molecule has 2 unspecified atom stereocenters. The van der Waals surface area contributed by atoms with Gasteiger partial charge in [0, 0.05) is 12.6 Å². The van der Waals surface area contributed by atoms with E-state index in [1.807, 2.05) is 26.0 Å². The van der Waals surface area contributed by atoms with Crippen LogP contribution in [0.15, 0.2) is 24.3 Å². The first-order valence-corrected chi connectivity index (χ1v) is 11.2. The van der Waals surface area contributed by atoms with Crippen molar-refractivity contribution in [3.63, 3.8) is 0 Å². The molecular formula is C20H32N2O3S. The summed E-state index contributed by atoms with van der Waals surface area (Å²) in [5.74, 6) is 1.38. The number of rotatable bonds is 10. The summed E-state index contributed by atoms with van der Waals surface area (Å²) in [6.07, 6.45) is 7.55. The molecule has 1 aromatic rings. The number of allylic oxidation sites excluding steroid dienone is 1. The van der Waals surface area contributed by atoms with Crippen LogP contribution < -0.4 is 10.0 Å². The fourth-order valence-corrected chi connectivity index (χ4v) is 3.93. The molecule has 1 aromatic carbocycles. The van der Waals surface area contributed by atoms with Crippen LogP contribution in [0, 0.1) is 11.8 Å². The minimum absolute atomic E-state index is 0.0264. The molecule has 0 bridgehead atoms. The van der Waals surface area contributed by atoms with E-state index in [2.05, 4.69) is 25.1 Å². The van der Waals surface area contributed by atoms with Crippen molar-refractivity contribution in [1.82, 2.24) is 0 Å². The second-order valence-electron chi connectivity index (χ2n) is 7.50. The van der Waals surface area contributed by atoms with Crippen LogP contribution in [0.3, 0.4) is 0 Å². The molecule has 0 radical (unpaired) electrons. The van der Waals surface area contributed by atoms with E-state index in [0.717, 1.165) is 23.5 Å². The van der Waals surface area contributed by atoms with Crippen LogP contribution in [0.4, 0.5) is 5.69 Å². The highest BCUT2D eigenvalue weighted by Crippen LogP contribution is 2.39. The Kier molecular flexibility index (Phi) is 7.26. The first kappa shape index (κ1) is 20.9. The summed E-state index contributed by atoms with van der Waals surface area (Å²) in [6.45, 7) is 7.47. The first-order valence-electron chi connectivity index (χ1n) is 9.34. The molecular weight excluding hydrogens is 348 g/mol. The van der Waals surface area contributed by atoms with Gasteiger partial charge < -0.3 is 10.5 Å². The van der Waals surface area contributed by atoms with Crippen LogP contribution in [-0.4, -0.2) is 33.9 Å². The van der Waals surface area contributed by atoms with E-state index in [4.69, 9.17) is 10.5 Å². The molecule has 26 heavy (non-hydrogen) atoms. The van der Waals surface area contributed by atoms with E-state index in [0.29, 0.717) is 31.4 Å². The molecule has 3 atom stereocenters. The summed E-state index contributed by atoms with van der Waals surface area (Å²) in [5, 5.41) is 0. The molecule has 5 nitrogen and oxygen atoms in total. The summed E-state index contributed by atoms with van der Waals surface area (Å²) < 4.78 is 31.6. The van der Waals surface area contributed by atoms with Gasteiger partial charge in [0.15, 0.2) is 0 Å². The third-order valence-electron chi connectivity index (χ3n) is 4.47. The Bertz CT molecular complexity index is 729. The molecule has 1 aliphatic carbocycles. The molecule has 0 amide bonds. The molecule has 0 heterocycles. The van der Waals surface area contributed by atoms with Crippen LogP contribution >= 0.6 is 0 Å². The fraction of sp³-hybridized carbons (Fsp3) is 0.600. The molecule has 0 aromatic heterocycles. The van der Waals surface area contributed by atoms with Gasteiger partial charge in [-0.2, -0.15) is 0 Å². The van der Waals surface area contributed by atoms with Gasteiger partial charge in [0.05, 0.1) is 25.2 Å². The van der Waals surface area contributed by atoms with Crippen LogP contribution in [0.2, 0.25) is 0 Å². The predicted molar refractivity (Wildman–Crippen MR) is 109 cm³/mol. The van der Waals surface area contributed by atoms with Crippen molar-refractivity contribution >= 4 is 21.8 Å². The summed E-state index contributed by atoms with van der Waals surface area (Å²) >= 11 is 0. The third kappa shape index (κ3) is 6.41. The van der Waals surface area contributed by atoms with E-state index in [9.17, 15) is 8.42 Å². The molecule has 0 aliphatic heterocycles.